The third-order valence-corrected chi connectivity index (χ3v) is 6.78. The van der Waals surface area contributed by atoms with Crippen molar-refractivity contribution in [3.63, 3.8) is 0 Å². The number of nitrogens with two attached hydrogens (primary N) is 1. The van der Waals surface area contributed by atoms with Crippen molar-refractivity contribution in [3.05, 3.63) is 5.69 Å². The molecule has 2 N–H and O–H groups in total. The Kier molecular flexibility index (Phi) is 2.96. The average molecular weight is 264 g/mol. The monoisotopic (exact) mass is 264 g/mol. The molecule has 1 saturated heterocycles. The summed E-state index contributed by atoms with van der Waals surface area (Å²) in [5, 5.41) is 0.726. The Hall–Kier alpha value is -0.270. The van der Waals surface area contributed by atoms with Gasteiger partial charge in [-0.3, -0.25) is 0 Å². The van der Waals surface area contributed by atoms with Crippen LogP contribution in [0.3, 0.4) is 0 Å². The van der Waals surface area contributed by atoms with Gasteiger partial charge in [0.2, 0.25) is 0 Å². The second-order valence-electron chi connectivity index (χ2n) is 3.57. The van der Waals surface area contributed by atoms with Crippen molar-refractivity contribution in [1.29, 1.82) is 0 Å². The van der Waals surface area contributed by atoms with Gasteiger partial charge in [0.05, 0.1) is 21.4 Å². The van der Waals surface area contributed by atoms with Crippen LogP contribution in [-0.2, 0) is 9.84 Å². The number of nitrogens with zero attached hydrogens (tertiary/aromatic N) is 1. The van der Waals surface area contributed by atoms with E-state index in [4.69, 9.17) is 5.73 Å². The summed E-state index contributed by atoms with van der Waals surface area (Å²) in [4.78, 5) is 4.12. The Labute approximate surface area is 97.2 Å². The molecule has 0 amide bonds. The van der Waals surface area contributed by atoms with Crippen LogP contribution in [0.4, 0.5) is 5.13 Å². The summed E-state index contributed by atoms with van der Waals surface area (Å²) in [5.41, 5.74) is 6.49. The summed E-state index contributed by atoms with van der Waals surface area (Å²) in [5.74, 6) is 0.604. The lowest BCUT2D eigenvalue weighted by atomic mass is 10.4. The van der Waals surface area contributed by atoms with Crippen molar-refractivity contribution >= 4 is 38.1 Å². The molecule has 1 aliphatic heterocycles. The third kappa shape index (κ3) is 2.64. The molecular formula is C8H12N2O2S3. The lowest BCUT2D eigenvalue weighted by molar-refractivity contribution is 0.602. The molecular weight excluding hydrogens is 252 g/mol. The quantitative estimate of drug-likeness (QED) is 0.872. The van der Waals surface area contributed by atoms with Gasteiger partial charge >= 0.3 is 0 Å². The van der Waals surface area contributed by atoms with Gasteiger partial charge in [0.25, 0.3) is 0 Å². The molecule has 1 fully saturated rings. The molecule has 15 heavy (non-hydrogen) atoms. The van der Waals surface area contributed by atoms with Crippen LogP contribution in [0.25, 0.3) is 0 Å². The largest absolute Gasteiger partial charge is 0.375 e. The molecule has 84 valence electrons. The molecule has 0 saturated carbocycles. The van der Waals surface area contributed by atoms with Crippen LogP contribution >= 0.6 is 23.1 Å². The van der Waals surface area contributed by atoms with Crippen LogP contribution in [-0.4, -0.2) is 30.2 Å². The van der Waals surface area contributed by atoms with E-state index in [-0.39, 0.29) is 11.0 Å². The summed E-state index contributed by atoms with van der Waals surface area (Å²) < 4.78 is 23.6. The molecule has 4 nitrogen and oxygen atoms in total. The fraction of sp³-hybridized carbons (Fsp3) is 0.625. The van der Waals surface area contributed by atoms with Crippen LogP contribution in [0.2, 0.25) is 0 Å². The maximum atomic E-state index is 11.3. The van der Waals surface area contributed by atoms with E-state index in [1.807, 2.05) is 6.92 Å². The van der Waals surface area contributed by atoms with E-state index in [0.717, 1.165) is 16.3 Å². The molecule has 2 heterocycles. The van der Waals surface area contributed by atoms with Crippen molar-refractivity contribution in [3.8, 4) is 0 Å². The zero-order valence-electron chi connectivity index (χ0n) is 8.26. The van der Waals surface area contributed by atoms with Crippen molar-refractivity contribution in [2.24, 2.45) is 0 Å². The summed E-state index contributed by atoms with van der Waals surface area (Å²) in [7, 11) is -2.79. The summed E-state index contributed by atoms with van der Waals surface area (Å²) >= 11 is 3.03. The first kappa shape index (κ1) is 11.2. The maximum Gasteiger partial charge on any atom is 0.181 e. The van der Waals surface area contributed by atoms with Gasteiger partial charge in [0, 0.05) is 5.25 Å². The molecule has 1 atom stereocenters. The highest BCUT2D eigenvalue weighted by Gasteiger charge is 2.29. The lowest BCUT2D eigenvalue weighted by Gasteiger charge is -2.04. The molecule has 0 spiro atoms. The zero-order chi connectivity index (χ0) is 11.1. The van der Waals surface area contributed by atoms with Crippen LogP contribution in [0.1, 0.15) is 12.1 Å². The van der Waals surface area contributed by atoms with E-state index in [1.54, 1.807) is 11.8 Å². The lowest BCUT2D eigenvalue weighted by Crippen LogP contribution is -2.05. The summed E-state index contributed by atoms with van der Waals surface area (Å²) in [6.45, 7) is 1.90. The van der Waals surface area contributed by atoms with E-state index in [9.17, 15) is 8.42 Å². The van der Waals surface area contributed by atoms with Crippen molar-refractivity contribution in [1.82, 2.24) is 4.98 Å². The number of aromatic nitrogens is 1. The molecule has 1 aliphatic rings. The van der Waals surface area contributed by atoms with E-state index >= 15 is 0 Å². The molecule has 7 heteroatoms. The van der Waals surface area contributed by atoms with Crippen LogP contribution in [0.15, 0.2) is 4.21 Å². The van der Waals surface area contributed by atoms with Gasteiger partial charge < -0.3 is 5.73 Å². The zero-order valence-corrected chi connectivity index (χ0v) is 10.7. The summed E-state index contributed by atoms with van der Waals surface area (Å²) in [6.07, 6.45) is 0.740. The summed E-state index contributed by atoms with van der Waals surface area (Å²) in [6, 6.07) is 0. The number of sulfone groups is 1. The van der Waals surface area contributed by atoms with Crippen molar-refractivity contribution < 1.29 is 8.42 Å². The van der Waals surface area contributed by atoms with E-state index in [2.05, 4.69) is 4.98 Å². The Bertz CT molecular complexity index is 466. The SMILES string of the molecule is Cc1nc(N)sc1SC1CCS(=O)(=O)C1. The van der Waals surface area contributed by atoms with Crippen molar-refractivity contribution in [2.45, 2.75) is 22.8 Å². The molecule has 2 rings (SSSR count). The minimum absolute atomic E-state index is 0.175. The second kappa shape index (κ2) is 3.95. The second-order valence-corrected chi connectivity index (χ2v) is 8.40. The molecule has 0 bridgehead atoms. The topological polar surface area (TPSA) is 73.0 Å². The van der Waals surface area contributed by atoms with E-state index < -0.39 is 9.84 Å². The Morgan fingerprint density at radius 3 is 2.80 bits per heavy atom. The smallest absolute Gasteiger partial charge is 0.181 e. The number of aryl methyl sites for hydroxylation is 1. The highest BCUT2D eigenvalue weighted by atomic mass is 32.2. The first-order chi connectivity index (χ1) is 6.96. The van der Waals surface area contributed by atoms with Crippen LogP contribution < -0.4 is 5.73 Å². The van der Waals surface area contributed by atoms with Gasteiger partial charge in [0.15, 0.2) is 15.0 Å². The molecule has 0 aromatic carbocycles. The normalized spacial score (nSPS) is 24.5. The minimum atomic E-state index is -2.79. The predicted molar refractivity (Wildman–Crippen MR) is 64.2 cm³/mol. The standard InChI is InChI=1S/C8H12N2O2S3/c1-5-7(14-8(9)10-5)13-6-2-3-15(11,12)4-6/h6H,2-4H2,1H3,(H2,9,10). The first-order valence-electron chi connectivity index (χ1n) is 4.56. The van der Waals surface area contributed by atoms with Gasteiger partial charge in [0.1, 0.15) is 0 Å². The fourth-order valence-corrected chi connectivity index (χ4v) is 6.28. The average Bonchev–Trinajstić information content (AvgIpc) is 2.57. The van der Waals surface area contributed by atoms with Gasteiger partial charge in [-0.25, -0.2) is 13.4 Å². The van der Waals surface area contributed by atoms with Gasteiger partial charge in [-0.2, -0.15) is 0 Å². The van der Waals surface area contributed by atoms with Crippen LogP contribution in [0.5, 0.6) is 0 Å². The highest BCUT2D eigenvalue weighted by Crippen LogP contribution is 2.37. The Balaban J connectivity index is 2.08. The molecule has 1 aromatic heterocycles. The van der Waals surface area contributed by atoms with E-state index in [1.165, 1.54) is 11.3 Å². The number of hydrogen-bond donors (Lipinski definition) is 1. The van der Waals surface area contributed by atoms with E-state index in [0.29, 0.717) is 10.9 Å². The minimum Gasteiger partial charge on any atom is -0.375 e. The van der Waals surface area contributed by atoms with Crippen molar-refractivity contribution in [2.75, 3.05) is 17.2 Å². The Morgan fingerprint density at radius 2 is 2.33 bits per heavy atom. The molecule has 0 aliphatic carbocycles. The number of anilines is 1. The predicted octanol–water partition coefficient (Wildman–Crippen LogP) is 1.31. The molecule has 1 unspecified atom stereocenters. The number of thioether (sulfide) groups is 1. The third-order valence-electron chi connectivity index (χ3n) is 2.23. The first-order valence-corrected chi connectivity index (χ1v) is 8.08. The highest BCUT2D eigenvalue weighted by molar-refractivity contribution is 8.03. The number of hydrogen-bond acceptors (Lipinski definition) is 6. The fourth-order valence-electron chi connectivity index (χ4n) is 1.52. The van der Waals surface area contributed by atoms with Gasteiger partial charge in [-0.05, 0) is 13.3 Å². The number of nitrogen functional groups attached to an aromatic ring is 1. The molecule has 0 radical (unpaired) electrons. The maximum absolute atomic E-state index is 11.3. The van der Waals surface area contributed by atoms with Gasteiger partial charge in [-0.1, -0.05) is 11.3 Å². The Morgan fingerprint density at radius 1 is 1.60 bits per heavy atom. The number of rotatable bonds is 2. The molecule has 1 aromatic rings. The van der Waals surface area contributed by atoms with Crippen LogP contribution in [0, 0.1) is 6.92 Å². The number of thiazole rings is 1. The van der Waals surface area contributed by atoms with Gasteiger partial charge in [-0.15, -0.1) is 11.8 Å².